The summed E-state index contributed by atoms with van der Waals surface area (Å²) in [5.74, 6) is -3.30. The van der Waals surface area contributed by atoms with E-state index in [2.05, 4.69) is 12.2 Å². The Morgan fingerprint density at radius 3 is 2.35 bits per heavy atom. The van der Waals surface area contributed by atoms with E-state index in [4.69, 9.17) is 5.73 Å². The molecule has 0 aliphatic rings. The highest BCUT2D eigenvalue weighted by molar-refractivity contribution is 5.75. The minimum Gasteiger partial charge on any atom is -0.350 e. The number of hydrogen-bond acceptors (Lipinski definition) is 2. The summed E-state index contributed by atoms with van der Waals surface area (Å²) >= 11 is 0. The van der Waals surface area contributed by atoms with Crippen molar-refractivity contribution in [1.29, 1.82) is 0 Å². The van der Waals surface area contributed by atoms with Crippen molar-refractivity contribution in [3.05, 3.63) is 0 Å². The Morgan fingerprint density at radius 2 is 1.76 bits per heavy atom. The van der Waals surface area contributed by atoms with Crippen molar-refractivity contribution < 1.29 is 13.6 Å². The fraction of sp³-hybridized carbons (Fsp3) is 0.917. The van der Waals surface area contributed by atoms with Crippen LogP contribution in [0.4, 0.5) is 8.78 Å². The van der Waals surface area contributed by atoms with Gasteiger partial charge in [0.15, 0.2) is 0 Å². The number of carbonyl (C=O) groups excluding carboxylic acids is 1. The molecule has 0 rings (SSSR count). The molecule has 0 bridgehead atoms. The third kappa shape index (κ3) is 10.2. The van der Waals surface area contributed by atoms with Gasteiger partial charge in [-0.2, -0.15) is 0 Å². The van der Waals surface area contributed by atoms with Crippen LogP contribution in [0, 0.1) is 0 Å². The first kappa shape index (κ1) is 16.3. The molecule has 3 N–H and O–H groups in total. The van der Waals surface area contributed by atoms with Crippen LogP contribution in [0.3, 0.4) is 0 Å². The SMILES string of the molecule is CCCCCCCCC(=O)NCC(F)(F)CN. The highest BCUT2D eigenvalue weighted by Crippen LogP contribution is 2.09. The standard InChI is InChI=1S/C12H24F2N2O/c1-2-3-4-5-6-7-8-11(17)16-10-12(13,14)9-15/h2-10,15H2,1H3,(H,16,17). The highest BCUT2D eigenvalue weighted by Gasteiger charge is 2.26. The molecule has 0 fully saturated rings. The summed E-state index contributed by atoms with van der Waals surface area (Å²) in [5.41, 5.74) is 4.86. The van der Waals surface area contributed by atoms with Gasteiger partial charge in [0.2, 0.25) is 5.91 Å². The van der Waals surface area contributed by atoms with Crippen LogP contribution in [0.5, 0.6) is 0 Å². The van der Waals surface area contributed by atoms with Crippen LogP contribution in [-0.4, -0.2) is 24.9 Å². The molecule has 102 valence electrons. The first-order chi connectivity index (χ1) is 8.02. The Morgan fingerprint density at radius 1 is 1.18 bits per heavy atom. The molecule has 0 radical (unpaired) electrons. The van der Waals surface area contributed by atoms with Crippen molar-refractivity contribution in [3.63, 3.8) is 0 Å². The second-order valence-corrected chi connectivity index (χ2v) is 4.35. The summed E-state index contributed by atoms with van der Waals surface area (Å²) in [6.45, 7) is 0.757. The van der Waals surface area contributed by atoms with Crippen LogP contribution in [0.25, 0.3) is 0 Å². The van der Waals surface area contributed by atoms with Crippen LogP contribution >= 0.6 is 0 Å². The molecule has 0 aliphatic carbocycles. The summed E-state index contributed by atoms with van der Waals surface area (Å²) in [5, 5.41) is 2.21. The predicted molar refractivity (Wildman–Crippen MR) is 65.0 cm³/mol. The van der Waals surface area contributed by atoms with Gasteiger partial charge in [-0.3, -0.25) is 4.79 Å². The number of amides is 1. The Kier molecular flexibility index (Phi) is 8.94. The van der Waals surface area contributed by atoms with Crippen LogP contribution in [-0.2, 0) is 4.79 Å². The second kappa shape index (κ2) is 9.33. The Bertz CT molecular complexity index is 211. The molecule has 0 saturated carbocycles. The molecule has 0 aromatic rings. The molecule has 17 heavy (non-hydrogen) atoms. The van der Waals surface area contributed by atoms with E-state index in [0.29, 0.717) is 6.42 Å². The minimum absolute atomic E-state index is 0.311. The molecule has 1 amide bonds. The number of rotatable bonds is 10. The predicted octanol–water partition coefficient (Wildman–Crippen LogP) is 2.45. The Labute approximate surface area is 102 Å². The van der Waals surface area contributed by atoms with Gasteiger partial charge in [-0.05, 0) is 6.42 Å². The largest absolute Gasteiger partial charge is 0.350 e. The molecule has 3 nitrogen and oxygen atoms in total. The molecule has 0 heterocycles. The van der Waals surface area contributed by atoms with Gasteiger partial charge in [-0.1, -0.05) is 39.0 Å². The number of hydrogen-bond donors (Lipinski definition) is 2. The van der Waals surface area contributed by atoms with E-state index < -0.39 is 19.0 Å². The van der Waals surface area contributed by atoms with Crippen LogP contribution < -0.4 is 11.1 Å². The van der Waals surface area contributed by atoms with Crippen LogP contribution in [0.1, 0.15) is 51.9 Å². The number of nitrogens with one attached hydrogen (secondary N) is 1. The summed E-state index contributed by atoms with van der Waals surface area (Å²) < 4.78 is 25.4. The fourth-order valence-corrected chi connectivity index (χ4v) is 1.45. The fourth-order valence-electron chi connectivity index (χ4n) is 1.45. The number of alkyl halides is 2. The van der Waals surface area contributed by atoms with Crippen molar-refractivity contribution in [3.8, 4) is 0 Å². The third-order valence-electron chi connectivity index (χ3n) is 2.60. The van der Waals surface area contributed by atoms with E-state index in [0.717, 1.165) is 19.3 Å². The lowest BCUT2D eigenvalue weighted by molar-refractivity contribution is -0.123. The maximum absolute atomic E-state index is 12.7. The molecular formula is C12H24F2N2O. The molecule has 0 spiro atoms. The number of nitrogens with two attached hydrogens (primary N) is 1. The normalized spacial score (nSPS) is 11.5. The van der Waals surface area contributed by atoms with E-state index in [1.54, 1.807) is 0 Å². The summed E-state index contributed by atoms with van der Waals surface area (Å²) in [6, 6.07) is 0. The van der Waals surface area contributed by atoms with Gasteiger partial charge in [-0.25, -0.2) is 8.78 Å². The zero-order chi connectivity index (χ0) is 13.1. The quantitative estimate of drug-likeness (QED) is 0.585. The summed E-state index contributed by atoms with van der Waals surface area (Å²) in [4.78, 5) is 11.2. The first-order valence-electron chi connectivity index (χ1n) is 6.36. The van der Waals surface area contributed by atoms with Gasteiger partial charge in [0.05, 0.1) is 13.1 Å². The van der Waals surface area contributed by atoms with Crippen molar-refractivity contribution in [1.82, 2.24) is 5.32 Å². The molecule has 0 aromatic carbocycles. The summed E-state index contributed by atoms with van der Waals surface area (Å²) in [7, 11) is 0. The molecule has 5 heteroatoms. The Balaban J connectivity index is 3.41. The average Bonchev–Trinajstić information content (AvgIpc) is 2.31. The molecule has 0 unspecified atom stereocenters. The number of halogens is 2. The van der Waals surface area contributed by atoms with Crippen molar-refractivity contribution in [2.75, 3.05) is 13.1 Å². The smallest absolute Gasteiger partial charge is 0.277 e. The topological polar surface area (TPSA) is 55.1 Å². The monoisotopic (exact) mass is 250 g/mol. The van der Waals surface area contributed by atoms with Gasteiger partial charge in [-0.15, -0.1) is 0 Å². The van der Waals surface area contributed by atoms with Crippen molar-refractivity contribution in [2.45, 2.75) is 57.8 Å². The minimum atomic E-state index is -2.99. The maximum atomic E-state index is 12.7. The zero-order valence-electron chi connectivity index (χ0n) is 10.6. The second-order valence-electron chi connectivity index (χ2n) is 4.35. The Hall–Kier alpha value is -0.710. The van der Waals surface area contributed by atoms with E-state index in [-0.39, 0.29) is 5.91 Å². The lowest BCUT2D eigenvalue weighted by Gasteiger charge is -2.14. The van der Waals surface area contributed by atoms with Crippen molar-refractivity contribution >= 4 is 5.91 Å². The highest BCUT2D eigenvalue weighted by atomic mass is 19.3. The van der Waals surface area contributed by atoms with E-state index in [9.17, 15) is 13.6 Å². The van der Waals surface area contributed by atoms with Gasteiger partial charge in [0, 0.05) is 6.42 Å². The molecule has 0 atom stereocenters. The molecule has 0 saturated heterocycles. The lowest BCUT2D eigenvalue weighted by Crippen LogP contribution is -2.41. The zero-order valence-corrected chi connectivity index (χ0v) is 10.6. The summed E-state index contributed by atoms with van der Waals surface area (Å²) in [6.07, 6.45) is 6.78. The maximum Gasteiger partial charge on any atom is 0.277 e. The van der Waals surface area contributed by atoms with E-state index in [1.807, 2.05) is 0 Å². The lowest BCUT2D eigenvalue weighted by atomic mass is 10.1. The van der Waals surface area contributed by atoms with Gasteiger partial charge in [0.25, 0.3) is 5.92 Å². The number of carbonyl (C=O) groups is 1. The molecule has 0 aromatic heterocycles. The average molecular weight is 250 g/mol. The van der Waals surface area contributed by atoms with E-state index >= 15 is 0 Å². The first-order valence-corrected chi connectivity index (χ1v) is 6.36. The third-order valence-corrected chi connectivity index (χ3v) is 2.60. The van der Waals surface area contributed by atoms with Gasteiger partial charge >= 0.3 is 0 Å². The van der Waals surface area contributed by atoms with E-state index in [1.165, 1.54) is 19.3 Å². The van der Waals surface area contributed by atoms with Crippen LogP contribution in [0.15, 0.2) is 0 Å². The van der Waals surface area contributed by atoms with Crippen molar-refractivity contribution in [2.24, 2.45) is 5.73 Å². The van der Waals surface area contributed by atoms with Gasteiger partial charge in [0.1, 0.15) is 0 Å². The van der Waals surface area contributed by atoms with Crippen LogP contribution in [0.2, 0.25) is 0 Å². The molecule has 0 aliphatic heterocycles. The number of unbranched alkanes of at least 4 members (excludes halogenated alkanes) is 5. The van der Waals surface area contributed by atoms with Gasteiger partial charge < -0.3 is 11.1 Å². The molecular weight excluding hydrogens is 226 g/mol.